The predicted octanol–water partition coefficient (Wildman–Crippen LogP) is 2.59. The second-order valence-electron chi connectivity index (χ2n) is 4.90. The van der Waals surface area contributed by atoms with Crippen molar-refractivity contribution in [3.8, 4) is 5.75 Å². The number of nitrogens with one attached hydrogen (secondary N) is 1. The second kappa shape index (κ2) is 8.24. The van der Waals surface area contributed by atoms with Crippen LogP contribution < -0.4 is 15.8 Å². The normalized spacial score (nSPS) is 10.1. The summed E-state index contributed by atoms with van der Waals surface area (Å²) in [7, 11) is 0. The van der Waals surface area contributed by atoms with Gasteiger partial charge in [-0.15, -0.1) is 11.8 Å². The SMILES string of the molecule is Cc1cccc(OCC(=O)Nc2ccccc2SCC(N)=O)c1. The summed E-state index contributed by atoms with van der Waals surface area (Å²) in [5, 5.41) is 2.78. The Hall–Kier alpha value is -2.47. The third-order valence-corrected chi connectivity index (χ3v) is 3.99. The lowest BCUT2D eigenvalue weighted by Gasteiger charge is -2.11. The molecule has 0 atom stereocenters. The van der Waals surface area contributed by atoms with Gasteiger partial charge in [-0.2, -0.15) is 0 Å². The Kier molecular flexibility index (Phi) is 6.05. The van der Waals surface area contributed by atoms with E-state index in [0.717, 1.165) is 10.5 Å². The van der Waals surface area contributed by atoms with Crippen LogP contribution in [0.1, 0.15) is 5.56 Å². The van der Waals surface area contributed by atoms with E-state index in [-0.39, 0.29) is 18.3 Å². The monoisotopic (exact) mass is 330 g/mol. The van der Waals surface area contributed by atoms with Crippen molar-refractivity contribution in [3.05, 3.63) is 54.1 Å². The lowest BCUT2D eigenvalue weighted by molar-refractivity contribution is -0.118. The smallest absolute Gasteiger partial charge is 0.262 e. The van der Waals surface area contributed by atoms with Crippen LogP contribution in [0.15, 0.2) is 53.4 Å². The third kappa shape index (κ3) is 5.67. The number of aryl methyl sites for hydroxylation is 1. The van der Waals surface area contributed by atoms with E-state index < -0.39 is 5.91 Å². The van der Waals surface area contributed by atoms with E-state index in [1.165, 1.54) is 11.8 Å². The standard InChI is InChI=1S/C17H18N2O3S/c1-12-5-4-6-13(9-12)22-10-17(21)19-14-7-2-3-8-15(14)23-11-16(18)20/h2-9H,10-11H2,1H3,(H2,18,20)(H,19,21). The molecular formula is C17H18N2O3S. The van der Waals surface area contributed by atoms with Gasteiger partial charge in [0, 0.05) is 4.90 Å². The summed E-state index contributed by atoms with van der Waals surface area (Å²) in [5.41, 5.74) is 6.85. The van der Waals surface area contributed by atoms with E-state index >= 15 is 0 Å². The molecule has 120 valence electrons. The fourth-order valence-corrected chi connectivity index (χ4v) is 2.63. The van der Waals surface area contributed by atoms with Gasteiger partial charge in [0.2, 0.25) is 5.91 Å². The van der Waals surface area contributed by atoms with Gasteiger partial charge in [0.15, 0.2) is 6.61 Å². The first kappa shape index (κ1) is 16.9. The van der Waals surface area contributed by atoms with Crippen molar-refractivity contribution in [2.45, 2.75) is 11.8 Å². The van der Waals surface area contributed by atoms with Crippen LogP contribution in [0.2, 0.25) is 0 Å². The van der Waals surface area contributed by atoms with Gasteiger partial charge in [-0.25, -0.2) is 0 Å². The van der Waals surface area contributed by atoms with Crippen LogP contribution >= 0.6 is 11.8 Å². The molecule has 0 aliphatic carbocycles. The highest BCUT2D eigenvalue weighted by molar-refractivity contribution is 8.00. The molecule has 23 heavy (non-hydrogen) atoms. The topological polar surface area (TPSA) is 81.4 Å². The van der Waals surface area contributed by atoms with Crippen molar-refractivity contribution in [3.63, 3.8) is 0 Å². The van der Waals surface area contributed by atoms with Crippen molar-refractivity contribution < 1.29 is 14.3 Å². The number of para-hydroxylation sites is 1. The molecule has 0 radical (unpaired) electrons. The van der Waals surface area contributed by atoms with Crippen molar-refractivity contribution in [2.75, 3.05) is 17.7 Å². The van der Waals surface area contributed by atoms with E-state index in [4.69, 9.17) is 10.5 Å². The Labute approximate surface area is 139 Å². The van der Waals surface area contributed by atoms with Crippen LogP contribution in [0.25, 0.3) is 0 Å². The molecule has 3 N–H and O–H groups in total. The molecule has 0 aliphatic heterocycles. The number of hydrogen-bond acceptors (Lipinski definition) is 4. The number of amides is 2. The first-order valence-electron chi connectivity index (χ1n) is 7.04. The molecule has 6 heteroatoms. The highest BCUT2D eigenvalue weighted by atomic mass is 32.2. The molecule has 0 aliphatic rings. The molecule has 2 amide bonds. The van der Waals surface area contributed by atoms with Gasteiger partial charge in [-0.05, 0) is 36.8 Å². The minimum Gasteiger partial charge on any atom is -0.484 e. The molecule has 2 rings (SSSR count). The second-order valence-corrected chi connectivity index (χ2v) is 5.92. The average molecular weight is 330 g/mol. The lowest BCUT2D eigenvalue weighted by atomic mass is 10.2. The van der Waals surface area contributed by atoms with Crippen LogP contribution in [0.5, 0.6) is 5.75 Å². The van der Waals surface area contributed by atoms with Crippen LogP contribution in [0.3, 0.4) is 0 Å². The third-order valence-electron chi connectivity index (χ3n) is 2.89. The molecule has 0 saturated carbocycles. The summed E-state index contributed by atoms with van der Waals surface area (Å²) in [6.45, 7) is 1.87. The van der Waals surface area contributed by atoms with Gasteiger partial charge in [0.25, 0.3) is 5.91 Å². The van der Waals surface area contributed by atoms with Crippen molar-refractivity contribution in [1.82, 2.24) is 0 Å². The van der Waals surface area contributed by atoms with E-state index in [0.29, 0.717) is 11.4 Å². The largest absolute Gasteiger partial charge is 0.484 e. The first-order chi connectivity index (χ1) is 11.0. The summed E-state index contributed by atoms with van der Waals surface area (Å²) < 4.78 is 5.47. The van der Waals surface area contributed by atoms with E-state index in [9.17, 15) is 9.59 Å². The minimum atomic E-state index is -0.404. The Morgan fingerprint density at radius 2 is 1.96 bits per heavy atom. The maximum Gasteiger partial charge on any atom is 0.262 e. The summed E-state index contributed by atoms with van der Waals surface area (Å²) in [6.07, 6.45) is 0. The number of hydrogen-bond donors (Lipinski definition) is 2. The molecule has 0 unspecified atom stereocenters. The number of benzene rings is 2. The van der Waals surface area contributed by atoms with E-state index in [1.807, 2.05) is 43.3 Å². The zero-order valence-corrected chi connectivity index (χ0v) is 13.6. The molecule has 5 nitrogen and oxygen atoms in total. The minimum absolute atomic E-state index is 0.0850. The maximum atomic E-state index is 12.0. The summed E-state index contributed by atoms with van der Waals surface area (Å²) in [6, 6.07) is 14.7. The quantitative estimate of drug-likeness (QED) is 0.765. The van der Waals surface area contributed by atoms with Gasteiger partial charge in [0.1, 0.15) is 5.75 Å². The van der Waals surface area contributed by atoms with Gasteiger partial charge in [-0.3, -0.25) is 9.59 Å². The number of rotatable bonds is 7. The number of primary amides is 1. The molecule has 0 spiro atoms. The van der Waals surface area contributed by atoms with Crippen LogP contribution in [-0.4, -0.2) is 24.2 Å². The van der Waals surface area contributed by atoms with Gasteiger partial charge in [0.05, 0.1) is 11.4 Å². The average Bonchev–Trinajstić information content (AvgIpc) is 2.52. The van der Waals surface area contributed by atoms with Gasteiger partial charge >= 0.3 is 0 Å². The summed E-state index contributed by atoms with van der Waals surface area (Å²) in [5.74, 6) is 0.140. The Morgan fingerprint density at radius 1 is 1.17 bits per heavy atom. The van der Waals surface area contributed by atoms with Crippen molar-refractivity contribution in [2.24, 2.45) is 5.73 Å². The molecule has 0 saturated heterocycles. The molecule has 2 aromatic carbocycles. The molecule has 0 aromatic heterocycles. The van der Waals surface area contributed by atoms with Crippen molar-refractivity contribution >= 4 is 29.3 Å². The Bertz CT molecular complexity index is 704. The molecule has 2 aromatic rings. The zero-order valence-electron chi connectivity index (χ0n) is 12.7. The number of carbonyl (C=O) groups is 2. The number of carbonyl (C=O) groups excluding carboxylic acids is 2. The molecule has 0 heterocycles. The first-order valence-corrected chi connectivity index (χ1v) is 8.02. The van der Waals surface area contributed by atoms with Crippen LogP contribution in [-0.2, 0) is 9.59 Å². The predicted molar refractivity (Wildman–Crippen MR) is 91.7 cm³/mol. The maximum absolute atomic E-state index is 12.0. The van der Waals surface area contributed by atoms with Crippen LogP contribution in [0, 0.1) is 6.92 Å². The highest BCUT2D eigenvalue weighted by Gasteiger charge is 2.09. The molecule has 0 fully saturated rings. The summed E-state index contributed by atoms with van der Waals surface area (Å²) in [4.78, 5) is 23.7. The fourth-order valence-electron chi connectivity index (χ4n) is 1.88. The fraction of sp³-hybridized carbons (Fsp3) is 0.176. The number of nitrogens with two attached hydrogens (primary N) is 1. The van der Waals surface area contributed by atoms with Gasteiger partial charge < -0.3 is 15.8 Å². The number of thioether (sulfide) groups is 1. The number of ether oxygens (including phenoxy) is 1. The van der Waals surface area contributed by atoms with E-state index in [2.05, 4.69) is 5.32 Å². The van der Waals surface area contributed by atoms with Gasteiger partial charge in [-0.1, -0.05) is 24.3 Å². The lowest BCUT2D eigenvalue weighted by Crippen LogP contribution is -2.20. The number of anilines is 1. The Balaban J connectivity index is 1.93. The highest BCUT2D eigenvalue weighted by Crippen LogP contribution is 2.26. The Morgan fingerprint density at radius 3 is 2.70 bits per heavy atom. The molecular weight excluding hydrogens is 312 g/mol. The van der Waals surface area contributed by atoms with E-state index in [1.54, 1.807) is 12.1 Å². The summed E-state index contributed by atoms with van der Waals surface area (Å²) >= 11 is 1.28. The zero-order chi connectivity index (χ0) is 16.7. The van der Waals surface area contributed by atoms with Crippen LogP contribution in [0.4, 0.5) is 5.69 Å². The molecule has 0 bridgehead atoms. The van der Waals surface area contributed by atoms with Crippen molar-refractivity contribution in [1.29, 1.82) is 0 Å².